The predicted molar refractivity (Wildman–Crippen MR) is 64.0 cm³/mol. The van der Waals surface area contributed by atoms with Crippen molar-refractivity contribution < 1.29 is 4.79 Å². The van der Waals surface area contributed by atoms with Crippen LogP contribution in [0.4, 0.5) is 0 Å². The fourth-order valence-corrected chi connectivity index (χ4v) is 2.66. The van der Waals surface area contributed by atoms with Crippen molar-refractivity contribution in [1.82, 2.24) is 5.32 Å². The van der Waals surface area contributed by atoms with Crippen molar-refractivity contribution in [3.05, 3.63) is 35.4 Å². The molecule has 1 saturated heterocycles. The molecule has 1 unspecified atom stereocenters. The van der Waals surface area contributed by atoms with E-state index in [4.69, 9.17) is 0 Å². The van der Waals surface area contributed by atoms with E-state index in [1.54, 1.807) is 0 Å². The van der Waals surface area contributed by atoms with E-state index in [1.807, 2.05) is 11.8 Å². The van der Waals surface area contributed by atoms with Gasteiger partial charge in [-0.15, -0.1) is 0 Å². The van der Waals surface area contributed by atoms with Crippen LogP contribution in [-0.4, -0.2) is 17.4 Å². The summed E-state index contributed by atoms with van der Waals surface area (Å²) >= 11 is 1.84. The number of amides is 1. The molecule has 2 rings (SSSR count). The Morgan fingerprint density at radius 3 is 2.80 bits per heavy atom. The molecule has 1 aliphatic heterocycles. The number of thioether (sulfide) groups is 1. The molecular weight excluding hydrogens is 206 g/mol. The standard InChI is InChI=1S/C12H15NOS/c1-9-2-4-10(5-3-9)11-8-15-7-6-12(14)13-11/h2-5,11H,6-8H2,1H3,(H,13,14). The Balaban J connectivity index is 2.14. The molecule has 0 aliphatic carbocycles. The molecule has 0 radical (unpaired) electrons. The molecule has 80 valence electrons. The van der Waals surface area contributed by atoms with Gasteiger partial charge in [0.2, 0.25) is 5.91 Å². The van der Waals surface area contributed by atoms with Crippen LogP contribution in [0.3, 0.4) is 0 Å². The predicted octanol–water partition coefficient (Wildman–Crippen LogP) is 2.29. The Labute approximate surface area is 94.4 Å². The number of benzene rings is 1. The SMILES string of the molecule is Cc1ccc(C2CSCCC(=O)N2)cc1. The zero-order chi connectivity index (χ0) is 10.7. The van der Waals surface area contributed by atoms with Gasteiger partial charge in [0.1, 0.15) is 0 Å². The Kier molecular flexibility index (Phi) is 3.31. The average Bonchev–Trinajstić information content (AvgIpc) is 2.44. The van der Waals surface area contributed by atoms with Crippen molar-refractivity contribution in [3.63, 3.8) is 0 Å². The first kappa shape index (κ1) is 10.6. The van der Waals surface area contributed by atoms with Gasteiger partial charge < -0.3 is 5.32 Å². The smallest absolute Gasteiger partial charge is 0.221 e. The van der Waals surface area contributed by atoms with Crippen molar-refractivity contribution >= 4 is 17.7 Å². The number of carbonyl (C=O) groups excluding carboxylic acids is 1. The van der Waals surface area contributed by atoms with E-state index in [2.05, 4.69) is 36.5 Å². The van der Waals surface area contributed by atoms with E-state index in [0.717, 1.165) is 11.5 Å². The summed E-state index contributed by atoms with van der Waals surface area (Å²) in [6, 6.07) is 8.58. The fourth-order valence-electron chi connectivity index (χ4n) is 1.65. The molecule has 1 heterocycles. The van der Waals surface area contributed by atoms with Gasteiger partial charge in [0.25, 0.3) is 0 Å². The monoisotopic (exact) mass is 221 g/mol. The fraction of sp³-hybridized carbons (Fsp3) is 0.417. The first-order chi connectivity index (χ1) is 7.25. The highest BCUT2D eigenvalue weighted by molar-refractivity contribution is 7.99. The van der Waals surface area contributed by atoms with E-state index in [1.165, 1.54) is 11.1 Å². The second-order valence-corrected chi connectivity index (χ2v) is 5.01. The van der Waals surface area contributed by atoms with E-state index in [9.17, 15) is 4.79 Å². The van der Waals surface area contributed by atoms with Crippen molar-refractivity contribution in [1.29, 1.82) is 0 Å². The minimum absolute atomic E-state index is 0.172. The van der Waals surface area contributed by atoms with Crippen LogP contribution in [0, 0.1) is 6.92 Å². The largest absolute Gasteiger partial charge is 0.348 e. The van der Waals surface area contributed by atoms with E-state index < -0.39 is 0 Å². The van der Waals surface area contributed by atoms with Gasteiger partial charge in [-0.05, 0) is 12.5 Å². The van der Waals surface area contributed by atoms with Crippen LogP contribution < -0.4 is 5.32 Å². The van der Waals surface area contributed by atoms with Gasteiger partial charge in [-0.1, -0.05) is 29.8 Å². The zero-order valence-corrected chi connectivity index (χ0v) is 9.64. The normalized spacial score (nSPS) is 21.9. The number of rotatable bonds is 1. The molecule has 1 aliphatic rings. The minimum atomic E-state index is 0.172. The molecule has 1 aromatic rings. The van der Waals surface area contributed by atoms with E-state index in [0.29, 0.717) is 6.42 Å². The number of nitrogens with one attached hydrogen (secondary N) is 1. The lowest BCUT2D eigenvalue weighted by Crippen LogP contribution is -2.27. The number of carbonyl (C=O) groups is 1. The third-order valence-electron chi connectivity index (χ3n) is 2.57. The summed E-state index contributed by atoms with van der Waals surface area (Å²) < 4.78 is 0. The van der Waals surface area contributed by atoms with Crippen LogP contribution in [-0.2, 0) is 4.79 Å². The van der Waals surface area contributed by atoms with Gasteiger partial charge in [-0.25, -0.2) is 0 Å². The molecule has 1 atom stereocenters. The van der Waals surface area contributed by atoms with Crippen LogP contribution in [0.5, 0.6) is 0 Å². The molecule has 1 amide bonds. The highest BCUT2D eigenvalue weighted by Gasteiger charge is 2.17. The molecule has 3 heteroatoms. The van der Waals surface area contributed by atoms with E-state index in [-0.39, 0.29) is 11.9 Å². The number of hydrogen-bond donors (Lipinski definition) is 1. The van der Waals surface area contributed by atoms with Gasteiger partial charge in [0.05, 0.1) is 6.04 Å². The molecule has 0 aromatic heterocycles. The molecule has 0 saturated carbocycles. The van der Waals surface area contributed by atoms with Crippen LogP contribution in [0.1, 0.15) is 23.6 Å². The third-order valence-corrected chi connectivity index (χ3v) is 3.63. The lowest BCUT2D eigenvalue weighted by atomic mass is 10.1. The van der Waals surface area contributed by atoms with Gasteiger partial charge in [-0.2, -0.15) is 11.8 Å². The zero-order valence-electron chi connectivity index (χ0n) is 8.82. The first-order valence-corrected chi connectivity index (χ1v) is 6.35. The minimum Gasteiger partial charge on any atom is -0.348 e. The van der Waals surface area contributed by atoms with Crippen molar-refractivity contribution in [2.45, 2.75) is 19.4 Å². The van der Waals surface area contributed by atoms with Crippen molar-refractivity contribution in [3.8, 4) is 0 Å². The van der Waals surface area contributed by atoms with E-state index >= 15 is 0 Å². The maximum Gasteiger partial charge on any atom is 0.221 e. The molecule has 1 N–H and O–H groups in total. The Morgan fingerprint density at radius 1 is 1.33 bits per heavy atom. The third kappa shape index (κ3) is 2.75. The molecule has 1 aromatic carbocycles. The summed E-state index contributed by atoms with van der Waals surface area (Å²) in [5, 5.41) is 3.05. The Morgan fingerprint density at radius 2 is 2.07 bits per heavy atom. The molecular formula is C12H15NOS. The molecule has 15 heavy (non-hydrogen) atoms. The van der Waals surface area contributed by atoms with Gasteiger partial charge >= 0.3 is 0 Å². The molecule has 0 spiro atoms. The van der Waals surface area contributed by atoms with Crippen LogP contribution in [0.2, 0.25) is 0 Å². The lowest BCUT2D eigenvalue weighted by Gasteiger charge is -2.15. The van der Waals surface area contributed by atoms with Gasteiger partial charge in [0.15, 0.2) is 0 Å². The summed E-state index contributed by atoms with van der Waals surface area (Å²) in [6.45, 7) is 2.07. The summed E-state index contributed by atoms with van der Waals surface area (Å²) in [7, 11) is 0. The Bertz CT molecular complexity index is 347. The molecule has 2 nitrogen and oxygen atoms in total. The molecule has 0 bridgehead atoms. The second-order valence-electron chi connectivity index (χ2n) is 3.86. The lowest BCUT2D eigenvalue weighted by molar-refractivity contribution is -0.121. The number of hydrogen-bond acceptors (Lipinski definition) is 2. The average molecular weight is 221 g/mol. The van der Waals surface area contributed by atoms with Crippen LogP contribution >= 0.6 is 11.8 Å². The summed E-state index contributed by atoms with van der Waals surface area (Å²) in [5.74, 6) is 2.09. The summed E-state index contributed by atoms with van der Waals surface area (Å²) in [5.41, 5.74) is 2.47. The first-order valence-electron chi connectivity index (χ1n) is 5.19. The maximum absolute atomic E-state index is 11.4. The maximum atomic E-state index is 11.4. The molecule has 1 fully saturated rings. The van der Waals surface area contributed by atoms with Crippen LogP contribution in [0.15, 0.2) is 24.3 Å². The van der Waals surface area contributed by atoms with Crippen LogP contribution in [0.25, 0.3) is 0 Å². The van der Waals surface area contributed by atoms with Gasteiger partial charge in [0, 0.05) is 17.9 Å². The number of aryl methyl sites for hydroxylation is 1. The Hall–Kier alpha value is -0.960. The van der Waals surface area contributed by atoms with Gasteiger partial charge in [-0.3, -0.25) is 4.79 Å². The van der Waals surface area contributed by atoms with Crippen molar-refractivity contribution in [2.75, 3.05) is 11.5 Å². The quantitative estimate of drug-likeness (QED) is 0.788. The highest BCUT2D eigenvalue weighted by atomic mass is 32.2. The summed E-state index contributed by atoms with van der Waals surface area (Å²) in [4.78, 5) is 11.4. The topological polar surface area (TPSA) is 29.1 Å². The summed E-state index contributed by atoms with van der Waals surface area (Å²) in [6.07, 6.45) is 0.646. The second kappa shape index (κ2) is 4.71. The highest BCUT2D eigenvalue weighted by Crippen LogP contribution is 2.22. The van der Waals surface area contributed by atoms with Crippen molar-refractivity contribution in [2.24, 2.45) is 0 Å².